The van der Waals surface area contributed by atoms with Crippen LogP contribution in [-0.4, -0.2) is 16.8 Å². The summed E-state index contributed by atoms with van der Waals surface area (Å²) in [6, 6.07) is 18.3. The summed E-state index contributed by atoms with van der Waals surface area (Å²) in [5, 5.41) is 6.21. The van der Waals surface area contributed by atoms with E-state index >= 15 is 0 Å². The summed E-state index contributed by atoms with van der Waals surface area (Å²) in [7, 11) is 0. The van der Waals surface area contributed by atoms with Gasteiger partial charge in [-0.05, 0) is 36.2 Å². The Bertz CT molecular complexity index is 987. The predicted molar refractivity (Wildman–Crippen MR) is 109 cm³/mol. The molecule has 0 unspecified atom stereocenters. The van der Waals surface area contributed by atoms with E-state index in [0.29, 0.717) is 23.7 Å². The molecule has 0 saturated carbocycles. The van der Waals surface area contributed by atoms with Gasteiger partial charge in [0.25, 0.3) is 11.8 Å². The summed E-state index contributed by atoms with van der Waals surface area (Å²) < 4.78 is 0. The zero-order valence-electron chi connectivity index (χ0n) is 15.4. The number of halogens is 1. The molecule has 0 fully saturated rings. The second-order valence-electron chi connectivity index (χ2n) is 6.37. The van der Waals surface area contributed by atoms with Crippen molar-refractivity contribution < 1.29 is 9.59 Å². The smallest absolute Gasteiger partial charge is 0.270 e. The maximum Gasteiger partial charge on any atom is 0.270 e. The number of rotatable bonds is 6. The number of hydrogen-bond acceptors (Lipinski definition) is 3. The Kier molecular flexibility index (Phi) is 6.40. The van der Waals surface area contributed by atoms with E-state index in [1.54, 1.807) is 12.1 Å². The molecule has 142 valence electrons. The van der Waals surface area contributed by atoms with Crippen LogP contribution in [-0.2, 0) is 13.1 Å². The minimum absolute atomic E-state index is 0.192. The molecule has 2 N–H and O–H groups in total. The Balaban J connectivity index is 1.60. The van der Waals surface area contributed by atoms with E-state index in [1.165, 1.54) is 12.3 Å². The molecule has 0 atom stereocenters. The standard InChI is InChI=1S/C22H20ClN3O2/c1-15-6-8-16(9-7-15)13-25-22(28)20-12-17(10-11-24-20)21(27)26-14-18-4-2-3-5-19(18)23/h2-12H,13-14H2,1H3,(H,25,28)(H,26,27). The molecule has 0 aliphatic rings. The Morgan fingerprint density at radius 2 is 1.64 bits per heavy atom. The van der Waals surface area contributed by atoms with E-state index in [9.17, 15) is 9.59 Å². The maximum absolute atomic E-state index is 12.4. The van der Waals surface area contributed by atoms with E-state index in [2.05, 4.69) is 15.6 Å². The summed E-state index contributed by atoms with van der Waals surface area (Å²) >= 11 is 6.10. The topological polar surface area (TPSA) is 71.1 Å². The minimum atomic E-state index is -0.332. The van der Waals surface area contributed by atoms with Crippen molar-refractivity contribution in [2.45, 2.75) is 20.0 Å². The van der Waals surface area contributed by atoms with E-state index in [4.69, 9.17) is 11.6 Å². The molecule has 2 amide bonds. The molecule has 0 radical (unpaired) electrons. The average Bonchev–Trinajstić information content (AvgIpc) is 2.72. The minimum Gasteiger partial charge on any atom is -0.348 e. The highest BCUT2D eigenvalue weighted by molar-refractivity contribution is 6.31. The van der Waals surface area contributed by atoms with E-state index < -0.39 is 0 Å². The second kappa shape index (κ2) is 9.15. The van der Waals surface area contributed by atoms with Gasteiger partial charge in [0.05, 0.1) is 0 Å². The monoisotopic (exact) mass is 393 g/mol. The van der Waals surface area contributed by atoms with Crippen LogP contribution in [0.3, 0.4) is 0 Å². The van der Waals surface area contributed by atoms with Gasteiger partial charge in [0.15, 0.2) is 0 Å². The van der Waals surface area contributed by atoms with Crippen molar-refractivity contribution in [1.82, 2.24) is 15.6 Å². The number of hydrogen-bond donors (Lipinski definition) is 2. The van der Waals surface area contributed by atoms with Crippen molar-refractivity contribution in [2.24, 2.45) is 0 Å². The SMILES string of the molecule is Cc1ccc(CNC(=O)c2cc(C(=O)NCc3ccccc3Cl)ccn2)cc1. The molecule has 5 nitrogen and oxygen atoms in total. The van der Waals surface area contributed by atoms with Crippen molar-refractivity contribution in [2.75, 3.05) is 0 Å². The van der Waals surface area contributed by atoms with Crippen LogP contribution in [0.25, 0.3) is 0 Å². The van der Waals surface area contributed by atoms with Gasteiger partial charge in [-0.25, -0.2) is 0 Å². The number of aromatic nitrogens is 1. The lowest BCUT2D eigenvalue weighted by molar-refractivity contribution is 0.0946. The van der Waals surface area contributed by atoms with Crippen molar-refractivity contribution in [3.05, 3.63) is 99.8 Å². The summed E-state index contributed by atoms with van der Waals surface area (Å²) in [5.41, 5.74) is 3.53. The lowest BCUT2D eigenvalue weighted by atomic mass is 10.1. The summed E-state index contributed by atoms with van der Waals surface area (Å²) in [6.45, 7) is 2.70. The maximum atomic E-state index is 12.4. The zero-order chi connectivity index (χ0) is 19.9. The van der Waals surface area contributed by atoms with Crippen LogP contribution < -0.4 is 10.6 Å². The van der Waals surface area contributed by atoms with Crippen molar-refractivity contribution in [3.63, 3.8) is 0 Å². The molecule has 0 spiro atoms. The van der Waals surface area contributed by atoms with Crippen LogP contribution in [0.2, 0.25) is 5.02 Å². The fraction of sp³-hybridized carbons (Fsp3) is 0.136. The molecule has 28 heavy (non-hydrogen) atoms. The first-order valence-electron chi connectivity index (χ1n) is 8.84. The highest BCUT2D eigenvalue weighted by atomic mass is 35.5. The Morgan fingerprint density at radius 1 is 0.929 bits per heavy atom. The van der Waals surface area contributed by atoms with E-state index in [0.717, 1.165) is 16.7 Å². The van der Waals surface area contributed by atoms with Gasteiger partial charge in [-0.15, -0.1) is 0 Å². The highest BCUT2D eigenvalue weighted by Crippen LogP contribution is 2.14. The molecule has 0 bridgehead atoms. The van der Waals surface area contributed by atoms with Gasteiger partial charge in [0.2, 0.25) is 0 Å². The normalized spacial score (nSPS) is 10.4. The second-order valence-corrected chi connectivity index (χ2v) is 6.78. The number of aryl methyl sites for hydroxylation is 1. The van der Waals surface area contributed by atoms with Gasteiger partial charge < -0.3 is 10.6 Å². The summed E-state index contributed by atoms with van der Waals surface area (Å²) in [6.07, 6.45) is 1.45. The first kappa shape index (κ1) is 19.6. The third kappa shape index (κ3) is 5.18. The molecular weight excluding hydrogens is 374 g/mol. The van der Waals surface area contributed by atoms with Gasteiger partial charge in [-0.1, -0.05) is 59.6 Å². The number of amides is 2. The number of benzene rings is 2. The lowest BCUT2D eigenvalue weighted by Gasteiger charge is -2.09. The van der Waals surface area contributed by atoms with Gasteiger partial charge in [-0.2, -0.15) is 0 Å². The summed E-state index contributed by atoms with van der Waals surface area (Å²) in [5.74, 6) is -0.628. The van der Waals surface area contributed by atoms with Crippen LogP contribution in [0.4, 0.5) is 0 Å². The molecule has 6 heteroatoms. The first-order chi connectivity index (χ1) is 13.5. The molecule has 1 aromatic heterocycles. The number of carbonyl (C=O) groups excluding carboxylic acids is 2. The van der Waals surface area contributed by atoms with Crippen LogP contribution >= 0.6 is 11.6 Å². The average molecular weight is 394 g/mol. The fourth-order valence-electron chi connectivity index (χ4n) is 2.59. The third-order valence-corrected chi connectivity index (χ3v) is 4.59. The number of carbonyl (C=O) groups is 2. The quantitative estimate of drug-likeness (QED) is 0.667. The fourth-order valence-corrected chi connectivity index (χ4v) is 2.80. The Hall–Kier alpha value is -3.18. The molecule has 3 aromatic rings. The van der Waals surface area contributed by atoms with E-state index in [-0.39, 0.29) is 17.5 Å². The van der Waals surface area contributed by atoms with E-state index in [1.807, 2.05) is 49.4 Å². The van der Waals surface area contributed by atoms with Gasteiger partial charge >= 0.3 is 0 Å². The van der Waals surface area contributed by atoms with Crippen molar-refractivity contribution in [1.29, 1.82) is 0 Å². The van der Waals surface area contributed by atoms with Crippen molar-refractivity contribution >= 4 is 23.4 Å². The molecule has 3 rings (SSSR count). The van der Waals surface area contributed by atoms with Crippen LogP contribution in [0.1, 0.15) is 37.5 Å². The summed E-state index contributed by atoms with van der Waals surface area (Å²) in [4.78, 5) is 28.8. The highest BCUT2D eigenvalue weighted by Gasteiger charge is 2.12. The molecular formula is C22H20ClN3O2. The first-order valence-corrected chi connectivity index (χ1v) is 9.22. The molecule has 0 aliphatic heterocycles. The van der Waals surface area contributed by atoms with Gasteiger partial charge in [0.1, 0.15) is 5.69 Å². The molecule has 0 saturated heterocycles. The van der Waals surface area contributed by atoms with Crippen LogP contribution in [0.15, 0.2) is 66.9 Å². The largest absolute Gasteiger partial charge is 0.348 e. The lowest BCUT2D eigenvalue weighted by Crippen LogP contribution is -2.26. The molecule has 0 aliphatic carbocycles. The molecule has 2 aromatic carbocycles. The van der Waals surface area contributed by atoms with Crippen LogP contribution in [0.5, 0.6) is 0 Å². The Morgan fingerprint density at radius 3 is 2.39 bits per heavy atom. The Labute approximate surface area is 168 Å². The third-order valence-electron chi connectivity index (χ3n) is 4.23. The number of nitrogens with zero attached hydrogens (tertiary/aromatic N) is 1. The molecule has 1 heterocycles. The number of pyridine rings is 1. The van der Waals surface area contributed by atoms with Crippen LogP contribution in [0, 0.1) is 6.92 Å². The zero-order valence-corrected chi connectivity index (χ0v) is 16.2. The number of nitrogens with one attached hydrogen (secondary N) is 2. The van der Waals surface area contributed by atoms with Gasteiger partial charge in [-0.3, -0.25) is 14.6 Å². The van der Waals surface area contributed by atoms with Gasteiger partial charge in [0, 0.05) is 29.9 Å². The predicted octanol–water partition coefficient (Wildman–Crippen LogP) is 3.90. The van der Waals surface area contributed by atoms with Crippen molar-refractivity contribution in [3.8, 4) is 0 Å².